The number of ether oxygens (including phenoxy) is 1. The van der Waals surface area contributed by atoms with Crippen LogP contribution in [-0.4, -0.2) is 55.3 Å². The minimum absolute atomic E-state index is 0.208. The highest BCUT2D eigenvalue weighted by molar-refractivity contribution is 14.1. The third kappa shape index (κ3) is 3.28. The summed E-state index contributed by atoms with van der Waals surface area (Å²) >= 11 is 1.96. The number of aliphatic carboxylic acids is 1. The van der Waals surface area contributed by atoms with Crippen molar-refractivity contribution in [3.8, 4) is 0 Å². The maximum absolute atomic E-state index is 12.5. The lowest BCUT2D eigenvalue weighted by atomic mass is 9.88. The largest absolute Gasteiger partial charge is 0.480 e. The molecule has 0 aromatic rings. The SMILES string of the molecule is C[C@@H]1CCC(I)O[C@@]1(O)C(=O)C(=O)N1CCCC[C@H]1C(=O)O. The predicted octanol–water partition coefficient (Wildman–Crippen LogP) is 0.917. The molecule has 4 atom stereocenters. The number of carbonyl (C=O) groups is 3. The van der Waals surface area contributed by atoms with Gasteiger partial charge in [-0.1, -0.05) is 29.5 Å². The fraction of sp³-hybridized carbons (Fsp3) is 0.786. The molecule has 0 aromatic carbocycles. The first-order chi connectivity index (χ1) is 10.3. The van der Waals surface area contributed by atoms with Crippen molar-refractivity contribution in [2.45, 2.75) is 55.0 Å². The summed E-state index contributed by atoms with van der Waals surface area (Å²) in [6, 6.07) is -1.01. The van der Waals surface area contributed by atoms with Gasteiger partial charge in [0.25, 0.3) is 11.7 Å². The van der Waals surface area contributed by atoms with E-state index in [1.165, 1.54) is 0 Å². The minimum Gasteiger partial charge on any atom is -0.480 e. The lowest BCUT2D eigenvalue weighted by Gasteiger charge is -2.40. The Morgan fingerprint density at radius 3 is 2.55 bits per heavy atom. The highest BCUT2D eigenvalue weighted by Gasteiger charge is 2.52. The molecule has 2 fully saturated rings. The van der Waals surface area contributed by atoms with Crippen LogP contribution in [0.4, 0.5) is 0 Å². The van der Waals surface area contributed by atoms with E-state index in [9.17, 15) is 24.6 Å². The van der Waals surface area contributed by atoms with Crippen molar-refractivity contribution in [1.29, 1.82) is 0 Å². The van der Waals surface area contributed by atoms with E-state index in [2.05, 4.69) is 0 Å². The maximum Gasteiger partial charge on any atom is 0.326 e. The molecule has 1 amide bonds. The molecule has 7 nitrogen and oxygen atoms in total. The van der Waals surface area contributed by atoms with Gasteiger partial charge in [0, 0.05) is 12.5 Å². The van der Waals surface area contributed by atoms with Crippen LogP contribution < -0.4 is 0 Å². The van der Waals surface area contributed by atoms with E-state index < -0.39 is 35.4 Å². The van der Waals surface area contributed by atoms with E-state index in [1.54, 1.807) is 6.92 Å². The van der Waals surface area contributed by atoms with E-state index in [0.29, 0.717) is 32.1 Å². The second-order valence-electron chi connectivity index (χ2n) is 5.88. The quantitative estimate of drug-likeness (QED) is 0.396. The molecule has 2 aliphatic heterocycles. The summed E-state index contributed by atoms with van der Waals surface area (Å²) in [5, 5.41) is 19.7. The average Bonchev–Trinajstić information content (AvgIpc) is 2.49. The number of carboxylic acids is 1. The van der Waals surface area contributed by atoms with E-state index in [0.717, 1.165) is 4.90 Å². The highest BCUT2D eigenvalue weighted by Crippen LogP contribution is 2.36. The molecule has 1 unspecified atom stereocenters. The third-order valence-electron chi connectivity index (χ3n) is 4.37. The fourth-order valence-electron chi connectivity index (χ4n) is 2.94. The normalized spacial score (nSPS) is 36.0. The predicted molar refractivity (Wildman–Crippen MR) is 84.2 cm³/mol. The molecule has 0 radical (unpaired) electrons. The summed E-state index contributed by atoms with van der Waals surface area (Å²) in [6.45, 7) is 1.86. The number of rotatable bonds is 3. The highest BCUT2D eigenvalue weighted by atomic mass is 127. The number of piperidine rings is 1. The summed E-state index contributed by atoms with van der Waals surface area (Å²) in [4.78, 5) is 37.2. The summed E-state index contributed by atoms with van der Waals surface area (Å²) in [7, 11) is 0. The minimum atomic E-state index is -2.16. The van der Waals surface area contributed by atoms with Gasteiger partial charge in [-0.3, -0.25) is 9.59 Å². The van der Waals surface area contributed by atoms with Gasteiger partial charge in [0.1, 0.15) is 10.2 Å². The fourth-order valence-corrected chi connectivity index (χ4v) is 3.69. The number of halogens is 1. The summed E-state index contributed by atoms with van der Waals surface area (Å²) in [6.07, 6.45) is 2.91. The van der Waals surface area contributed by atoms with Gasteiger partial charge in [-0.15, -0.1) is 0 Å². The van der Waals surface area contributed by atoms with E-state index in [-0.39, 0.29) is 10.7 Å². The van der Waals surface area contributed by atoms with Crippen LogP contribution in [0.2, 0.25) is 0 Å². The van der Waals surface area contributed by atoms with Crippen molar-refractivity contribution in [3.63, 3.8) is 0 Å². The van der Waals surface area contributed by atoms with E-state index in [1.807, 2.05) is 22.6 Å². The molecule has 22 heavy (non-hydrogen) atoms. The van der Waals surface area contributed by atoms with Gasteiger partial charge in [0.15, 0.2) is 0 Å². The second-order valence-corrected chi connectivity index (χ2v) is 7.27. The van der Waals surface area contributed by atoms with Gasteiger partial charge >= 0.3 is 5.97 Å². The maximum atomic E-state index is 12.5. The Bertz CT molecular complexity index is 484. The van der Waals surface area contributed by atoms with Gasteiger partial charge in [0.2, 0.25) is 5.79 Å². The van der Waals surface area contributed by atoms with Gasteiger partial charge in [-0.05, 0) is 32.1 Å². The number of hydrogen-bond donors (Lipinski definition) is 2. The molecule has 0 spiro atoms. The number of ketones is 1. The molecule has 0 bridgehead atoms. The molecule has 2 N–H and O–H groups in total. The van der Waals surface area contributed by atoms with Crippen molar-refractivity contribution < 1.29 is 29.3 Å². The zero-order valence-electron chi connectivity index (χ0n) is 12.3. The van der Waals surface area contributed by atoms with Crippen LogP contribution >= 0.6 is 22.6 Å². The standard InChI is InChI=1S/C14H20INO6/c1-8-5-6-10(15)22-14(8,21)11(17)12(18)16-7-3-2-4-9(16)13(19)20/h8-10,21H,2-7H2,1H3,(H,19,20)/t8-,9+,10?,14-/m1/s1. The molecule has 0 aliphatic carbocycles. The molecular weight excluding hydrogens is 405 g/mol. The molecule has 124 valence electrons. The van der Waals surface area contributed by atoms with Gasteiger partial charge in [0.05, 0.1) is 0 Å². The molecular formula is C14H20INO6. The van der Waals surface area contributed by atoms with Crippen molar-refractivity contribution in [2.75, 3.05) is 6.54 Å². The summed E-state index contributed by atoms with van der Waals surface area (Å²) < 4.78 is 5.00. The monoisotopic (exact) mass is 425 g/mol. The van der Waals surface area contributed by atoms with Crippen molar-refractivity contribution in [2.24, 2.45) is 5.92 Å². The first-order valence-electron chi connectivity index (χ1n) is 7.40. The van der Waals surface area contributed by atoms with Crippen molar-refractivity contribution in [3.05, 3.63) is 0 Å². The number of alkyl halides is 1. The second kappa shape index (κ2) is 6.79. The first-order valence-corrected chi connectivity index (χ1v) is 8.64. The lowest BCUT2D eigenvalue weighted by molar-refractivity contribution is -0.244. The molecule has 2 rings (SSSR count). The van der Waals surface area contributed by atoms with Crippen LogP contribution in [0, 0.1) is 5.92 Å². The van der Waals surface area contributed by atoms with Crippen molar-refractivity contribution >= 4 is 40.3 Å². The Morgan fingerprint density at radius 1 is 1.23 bits per heavy atom. The molecule has 2 saturated heterocycles. The van der Waals surface area contributed by atoms with Gasteiger partial charge in [-0.2, -0.15) is 0 Å². The number of carbonyl (C=O) groups excluding carboxylic acids is 2. The Hall–Kier alpha value is -0.740. The van der Waals surface area contributed by atoms with Crippen LogP contribution in [0.5, 0.6) is 0 Å². The summed E-state index contributed by atoms with van der Waals surface area (Å²) in [5.41, 5.74) is 0. The van der Waals surface area contributed by atoms with Crippen LogP contribution in [0.3, 0.4) is 0 Å². The number of amides is 1. The van der Waals surface area contributed by atoms with Crippen LogP contribution in [-0.2, 0) is 19.1 Å². The van der Waals surface area contributed by atoms with Crippen LogP contribution in [0.25, 0.3) is 0 Å². The topological polar surface area (TPSA) is 104 Å². The Labute approximate surface area is 142 Å². The van der Waals surface area contributed by atoms with Crippen molar-refractivity contribution in [1.82, 2.24) is 4.90 Å². The van der Waals surface area contributed by atoms with Crippen LogP contribution in [0.15, 0.2) is 0 Å². The van der Waals surface area contributed by atoms with Gasteiger partial charge in [-0.25, -0.2) is 4.79 Å². The van der Waals surface area contributed by atoms with E-state index >= 15 is 0 Å². The zero-order chi connectivity index (χ0) is 16.5. The molecule has 0 aromatic heterocycles. The Morgan fingerprint density at radius 2 is 1.91 bits per heavy atom. The number of likely N-dealkylation sites (tertiary alicyclic amines) is 1. The number of nitrogens with zero attached hydrogens (tertiary/aromatic N) is 1. The lowest BCUT2D eigenvalue weighted by Crippen LogP contribution is -2.60. The number of hydrogen-bond acceptors (Lipinski definition) is 5. The average molecular weight is 425 g/mol. The first kappa shape index (κ1) is 17.6. The molecule has 2 aliphatic rings. The smallest absolute Gasteiger partial charge is 0.326 e. The van der Waals surface area contributed by atoms with Gasteiger partial charge < -0.3 is 19.8 Å². The molecule has 8 heteroatoms. The van der Waals surface area contributed by atoms with Crippen LogP contribution in [0.1, 0.15) is 39.0 Å². The zero-order valence-corrected chi connectivity index (χ0v) is 14.5. The number of aliphatic hydroxyl groups is 1. The number of carboxylic acid groups (broad SMARTS) is 1. The number of Topliss-reactive ketones (excluding diaryl/α,β-unsaturated/α-hetero) is 1. The third-order valence-corrected chi connectivity index (χ3v) is 5.25. The molecule has 0 saturated carbocycles. The Kier molecular flexibility index (Phi) is 5.44. The summed E-state index contributed by atoms with van der Waals surface area (Å²) in [5.74, 6) is -5.83. The molecule has 2 heterocycles. The Balaban J connectivity index is 2.20. The van der Waals surface area contributed by atoms with E-state index in [4.69, 9.17) is 4.74 Å².